The minimum Gasteiger partial charge on any atom is -0.497 e. The summed E-state index contributed by atoms with van der Waals surface area (Å²) >= 11 is 0. The molecule has 0 atom stereocenters. The van der Waals surface area contributed by atoms with E-state index in [2.05, 4.69) is 10.3 Å². The maximum Gasteiger partial charge on any atom is 0.340 e. The number of carbonyl (C=O) groups is 1. The average Bonchev–Trinajstić information content (AvgIpc) is 2.66. The van der Waals surface area contributed by atoms with Crippen LogP contribution in [0.1, 0.15) is 22.8 Å². The number of pyridine rings is 1. The van der Waals surface area contributed by atoms with Crippen LogP contribution in [0.2, 0.25) is 0 Å². The molecule has 0 spiro atoms. The molecule has 0 aliphatic carbocycles. The first-order valence-electron chi connectivity index (χ1n) is 8.14. The quantitative estimate of drug-likeness (QED) is 0.689. The standard InChI is InChI=1S/C20H20N2O3/c1-3-25-20(23)18-13-22-19(17-10-5-4-9-16(17)18)21-12-14-7-6-8-15(11-14)24-2/h4-11,13H,3,12H2,1-2H3,(H,21,22). The molecule has 0 radical (unpaired) electrons. The third-order valence-electron chi connectivity index (χ3n) is 3.88. The van der Waals surface area contributed by atoms with Gasteiger partial charge in [-0.25, -0.2) is 9.78 Å². The summed E-state index contributed by atoms with van der Waals surface area (Å²) in [5.41, 5.74) is 1.56. The Bertz CT molecular complexity index is 893. The number of fused-ring (bicyclic) bond motifs is 1. The van der Waals surface area contributed by atoms with Gasteiger partial charge in [0, 0.05) is 23.5 Å². The number of nitrogens with one attached hydrogen (secondary N) is 1. The zero-order chi connectivity index (χ0) is 17.6. The molecule has 0 saturated carbocycles. The lowest BCUT2D eigenvalue weighted by Crippen LogP contribution is -2.08. The molecule has 1 aromatic heterocycles. The Morgan fingerprint density at radius 3 is 2.68 bits per heavy atom. The predicted molar refractivity (Wildman–Crippen MR) is 98.0 cm³/mol. The van der Waals surface area contributed by atoms with E-state index in [1.807, 2.05) is 48.5 Å². The van der Waals surface area contributed by atoms with Crippen LogP contribution in [-0.4, -0.2) is 24.7 Å². The molecule has 1 N–H and O–H groups in total. The second-order valence-corrected chi connectivity index (χ2v) is 5.49. The summed E-state index contributed by atoms with van der Waals surface area (Å²) in [6.07, 6.45) is 1.56. The Hall–Kier alpha value is -3.08. The van der Waals surface area contributed by atoms with Crippen LogP contribution in [0.5, 0.6) is 5.75 Å². The van der Waals surface area contributed by atoms with Crippen LogP contribution in [0.15, 0.2) is 54.7 Å². The lowest BCUT2D eigenvalue weighted by molar-refractivity contribution is 0.0528. The number of rotatable bonds is 6. The van der Waals surface area contributed by atoms with Crippen molar-refractivity contribution in [3.63, 3.8) is 0 Å². The highest BCUT2D eigenvalue weighted by Gasteiger charge is 2.14. The number of carbonyl (C=O) groups excluding carboxylic acids is 1. The van der Waals surface area contributed by atoms with Gasteiger partial charge in [0.1, 0.15) is 11.6 Å². The smallest absolute Gasteiger partial charge is 0.340 e. The van der Waals surface area contributed by atoms with Crippen molar-refractivity contribution in [3.8, 4) is 5.75 Å². The molecule has 0 bridgehead atoms. The molecule has 3 aromatic rings. The molecule has 0 fully saturated rings. The third kappa shape index (κ3) is 3.71. The van der Waals surface area contributed by atoms with Crippen LogP contribution in [0, 0.1) is 0 Å². The number of nitrogens with zero attached hydrogens (tertiary/aromatic N) is 1. The number of benzene rings is 2. The van der Waals surface area contributed by atoms with Gasteiger partial charge in [0.05, 0.1) is 19.3 Å². The summed E-state index contributed by atoms with van der Waals surface area (Å²) < 4.78 is 10.4. The normalized spacial score (nSPS) is 10.5. The minimum atomic E-state index is -0.356. The van der Waals surface area contributed by atoms with Crippen molar-refractivity contribution < 1.29 is 14.3 Å². The van der Waals surface area contributed by atoms with Crippen LogP contribution in [0.25, 0.3) is 10.8 Å². The summed E-state index contributed by atoms with van der Waals surface area (Å²) in [5, 5.41) is 5.04. The number of anilines is 1. The lowest BCUT2D eigenvalue weighted by atomic mass is 10.1. The summed E-state index contributed by atoms with van der Waals surface area (Å²) in [6, 6.07) is 15.5. The Labute approximate surface area is 146 Å². The van der Waals surface area contributed by atoms with Crippen molar-refractivity contribution >= 4 is 22.6 Å². The van der Waals surface area contributed by atoms with E-state index in [9.17, 15) is 4.79 Å². The van der Waals surface area contributed by atoms with Gasteiger partial charge in [-0.05, 0) is 24.6 Å². The van der Waals surface area contributed by atoms with Crippen LogP contribution in [0.4, 0.5) is 5.82 Å². The monoisotopic (exact) mass is 336 g/mol. The number of esters is 1. The van der Waals surface area contributed by atoms with Crippen molar-refractivity contribution in [2.24, 2.45) is 0 Å². The molecule has 128 valence electrons. The van der Waals surface area contributed by atoms with Gasteiger partial charge in [-0.2, -0.15) is 0 Å². The number of hydrogen-bond acceptors (Lipinski definition) is 5. The fourth-order valence-corrected chi connectivity index (χ4v) is 2.67. The van der Waals surface area contributed by atoms with Gasteiger partial charge in [0.15, 0.2) is 0 Å². The molecular formula is C20H20N2O3. The van der Waals surface area contributed by atoms with Crippen LogP contribution in [-0.2, 0) is 11.3 Å². The van der Waals surface area contributed by atoms with Gasteiger partial charge in [0.2, 0.25) is 0 Å². The number of methoxy groups -OCH3 is 1. The van der Waals surface area contributed by atoms with Gasteiger partial charge in [-0.3, -0.25) is 0 Å². The molecule has 2 aromatic carbocycles. The van der Waals surface area contributed by atoms with Crippen molar-refractivity contribution in [1.29, 1.82) is 0 Å². The minimum absolute atomic E-state index is 0.336. The van der Waals surface area contributed by atoms with Gasteiger partial charge in [-0.15, -0.1) is 0 Å². The number of hydrogen-bond donors (Lipinski definition) is 1. The first kappa shape index (κ1) is 16.8. The molecule has 5 heteroatoms. The Morgan fingerprint density at radius 1 is 1.12 bits per heavy atom. The third-order valence-corrected chi connectivity index (χ3v) is 3.88. The molecule has 25 heavy (non-hydrogen) atoms. The van der Waals surface area contributed by atoms with Crippen molar-refractivity contribution in [3.05, 3.63) is 65.9 Å². The molecule has 0 amide bonds. The molecule has 3 rings (SSSR count). The predicted octanol–water partition coefficient (Wildman–Crippen LogP) is 4.03. The first-order valence-corrected chi connectivity index (χ1v) is 8.14. The van der Waals surface area contributed by atoms with Gasteiger partial charge in [-0.1, -0.05) is 36.4 Å². The molecular weight excluding hydrogens is 316 g/mol. The highest BCUT2D eigenvalue weighted by molar-refractivity contribution is 6.07. The number of aromatic nitrogens is 1. The molecule has 0 unspecified atom stereocenters. The van der Waals surface area contributed by atoms with Crippen LogP contribution >= 0.6 is 0 Å². The lowest BCUT2D eigenvalue weighted by Gasteiger charge is -2.12. The van der Waals surface area contributed by atoms with Crippen molar-refractivity contribution in [2.45, 2.75) is 13.5 Å². The van der Waals surface area contributed by atoms with E-state index in [-0.39, 0.29) is 5.97 Å². The van der Waals surface area contributed by atoms with Gasteiger partial charge in [0.25, 0.3) is 0 Å². The highest BCUT2D eigenvalue weighted by atomic mass is 16.5. The number of ether oxygens (including phenoxy) is 2. The van der Waals surface area contributed by atoms with E-state index in [1.54, 1.807) is 20.2 Å². The SMILES string of the molecule is CCOC(=O)c1cnc(NCc2cccc(OC)c2)c2ccccc12. The van der Waals surface area contributed by atoms with Crippen molar-refractivity contribution in [1.82, 2.24) is 4.98 Å². The van der Waals surface area contributed by atoms with E-state index in [4.69, 9.17) is 9.47 Å². The zero-order valence-electron chi connectivity index (χ0n) is 14.3. The molecule has 0 aliphatic rings. The van der Waals surface area contributed by atoms with E-state index in [0.29, 0.717) is 18.7 Å². The maximum absolute atomic E-state index is 12.1. The average molecular weight is 336 g/mol. The molecule has 0 aliphatic heterocycles. The first-order chi connectivity index (χ1) is 12.2. The Kier molecular flexibility index (Phi) is 5.14. The zero-order valence-corrected chi connectivity index (χ0v) is 14.3. The summed E-state index contributed by atoms with van der Waals surface area (Å²) in [6.45, 7) is 2.73. The Morgan fingerprint density at radius 2 is 1.92 bits per heavy atom. The summed E-state index contributed by atoms with van der Waals surface area (Å²) in [7, 11) is 1.65. The fourth-order valence-electron chi connectivity index (χ4n) is 2.67. The molecule has 5 nitrogen and oxygen atoms in total. The van der Waals surface area contributed by atoms with Crippen LogP contribution in [0.3, 0.4) is 0 Å². The van der Waals surface area contributed by atoms with Gasteiger partial charge < -0.3 is 14.8 Å². The summed E-state index contributed by atoms with van der Waals surface area (Å²) in [4.78, 5) is 16.5. The maximum atomic E-state index is 12.1. The van der Waals surface area contributed by atoms with E-state index < -0.39 is 0 Å². The van der Waals surface area contributed by atoms with E-state index >= 15 is 0 Å². The largest absolute Gasteiger partial charge is 0.497 e. The molecule has 1 heterocycles. The van der Waals surface area contributed by atoms with E-state index in [0.717, 1.165) is 27.9 Å². The van der Waals surface area contributed by atoms with Gasteiger partial charge >= 0.3 is 5.97 Å². The highest BCUT2D eigenvalue weighted by Crippen LogP contribution is 2.25. The second-order valence-electron chi connectivity index (χ2n) is 5.49. The Balaban J connectivity index is 1.89. The summed E-state index contributed by atoms with van der Waals surface area (Å²) in [5.74, 6) is 1.19. The van der Waals surface area contributed by atoms with Crippen molar-refractivity contribution in [2.75, 3.05) is 19.0 Å². The van der Waals surface area contributed by atoms with E-state index in [1.165, 1.54) is 0 Å². The topological polar surface area (TPSA) is 60.5 Å². The fraction of sp³-hybridized carbons (Fsp3) is 0.200. The second kappa shape index (κ2) is 7.66. The molecule has 0 saturated heterocycles. The van der Waals surface area contributed by atoms with Crippen LogP contribution < -0.4 is 10.1 Å².